The summed E-state index contributed by atoms with van der Waals surface area (Å²) >= 11 is 0. The number of benzene rings is 2. The van der Waals surface area contributed by atoms with Crippen molar-refractivity contribution in [2.75, 3.05) is 11.9 Å². The van der Waals surface area contributed by atoms with Crippen molar-refractivity contribution in [1.82, 2.24) is 10.2 Å². The highest BCUT2D eigenvalue weighted by atomic mass is 19.4. The molecule has 1 fully saturated rings. The minimum atomic E-state index is -4.47. The number of rotatable bonds is 4. The number of hydrogen-bond acceptors (Lipinski definition) is 3. The van der Waals surface area contributed by atoms with Crippen molar-refractivity contribution in [3.05, 3.63) is 70.9 Å². The van der Waals surface area contributed by atoms with Gasteiger partial charge in [-0.15, -0.1) is 0 Å². The van der Waals surface area contributed by atoms with Crippen LogP contribution in [0.2, 0.25) is 0 Å². The number of urea groups is 1. The third-order valence-electron chi connectivity index (χ3n) is 4.15. The predicted molar refractivity (Wildman–Crippen MR) is 99.5 cm³/mol. The van der Waals surface area contributed by atoms with Crippen LogP contribution in [0.5, 0.6) is 0 Å². The largest absolute Gasteiger partial charge is 0.416 e. The van der Waals surface area contributed by atoms with E-state index in [1.165, 1.54) is 18.2 Å². The van der Waals surface area contributed by atoms with Gasteiger partial charge in [-0.05, 0) is 42.8 Å². The number of carbonyl (C=O) groups is 3. The minimum Gasteiger partial charge on any atom is -0.325 e. The average Bonchev–Trinajstić information content (AvgIpc) is 2.91. The molecule has 0 aliphatic carbocycles. The summed E-state index contributed by atoms with van der Waals surface area (Å²) in [5, 5.41) is 4.90. The van der Waals surface area contributed by atoms with Crippen LogP contribution in [0.15, 0.2) is 54.2 Å². The maximum atomic E-state index is 12.6. The van der Waals surface area contributed by atoms with Crippen LogP contribution in [0, 0.1) is 6.92 Å². The zero-order valence-corrected chi connectivity index (χ0v) is 15.2. The summed E-state index contributed by atoms with van der Waals surface area (Å²) in [6, 6.07) is 10.3. The molecule has 0 bridgehead atoms. The first-order valence-electron chi connectivity index (χ1n) is 8.52. The molecule has 9 heteroatoms. The van der Waals surface area contributed by atoms with Gasteiger partial charge in [0.1, 0.15) is 12.2 Å². The lowest BCUT2D eigenvalue weighted by molar-refractivity contribution is -0.137. The smallest absolute Gasteiger partial charge is 0.325 e. The van der Waals surface area contributed by atoms with Gasteiger partial charge in [0.15, 0.2) is 0 Å². The molecule has 0 aromatic heterocycles. The van der Waals surface area contributed by atoms with Crippen molar-refractivity contribution >= 4 is 29.6 Å². The Morgan fingerprint density at radius 3 is 2.28 bits per heavy atom. The Labute approximate surface area is 164 Å². The Bertz CT molecular complexity index is 981. The molecule has 0 atom stereocenters. The average molecular weight is 403 g/mol. The molecular formula is C20H16F3N3O3. The van der Waals surface area contributed by atoms with E-state index < -0.39 is 36.1 Å². The fourth-order valence-electron chi connectivity index (χ4n) is 2.63. The van der Waals surface area contributed by atoms with Gasteiger partial charge in [0.05, 0.1) is 5.56 Å². The van der Waals surface area contributed by atoms with E-state index in [0.717, 1.165) is 22.6 Å². The van der Waals surface area contributed by atoms with Crippen molar-refractivity contribution < 1.29 is 27.6 Å². The third-order valence-corrected chi connectivity index (χ3v) is 4.15. The summed E-state index contributed by atoms with van der Waals surface area (Å²) in [5.74, 6) is -1.30. The van der Waals surface area contributed by atoms with Crippen LogP contribution >= 0.6 is 0 Å². The first-order valence-corrected chi connectivity index (χ1v) is 8.52. The monoisotopic (exact) mass is 403 g/mol. The number of hydrogen-bond donors (Lipinski definition) is 2. The highest BCUT2D eigenvalue weighted by Crippen LogP contribution is 2.29. The number of alkyl halides is 3. The molecule has 6 nitrogen and oxygen atoms in total. The molecule has 3 rings (SSSR count). The zero-order valence-electron chi connectivity index (χ0n) is 15.2. The van der Waals surface area contributed by atoms with Gasteiger partial charge >= 0.3 is 12.2 Å². The molecule has 0 unspecified atom stereocenters. The number of amides is 4. The fourth-order valence-corrected chi connectivity index (χ4v) is 2.63. The van der Waals surface area contributed by atoms with Crippen LogP contribution in [-0.2, 0) is 15.8 Å². The quantitative estimate of drug-likeness (QED) is 0.606. The second kappa shape index (κ2) is 7.78. The highest BCUT2D eigenvalue weighted by Gasteiger charge is 2.35. The van der Waals surface area contributed by atoms with Gasteiger partial charge in [0.2, 0.25) is 5.91 Å². The van der Waals surface area contributed by atoms with Gasteiger partial charge in [0.25, 0.3) is 5.91 Å². The van der Waals surface area contributed by atoms with E-state index >= 15 is 0 Å². The van der Waals surface area contributed by atoms with E-state index in [1.54, 1.807) is 24.3 Å². The number of imide groups is 1. The molecule has 1 saturated heterocycles. The van der Waals surface area contributed by atoms with E-state index in [2.05, 4.69) is 10.6 Å². The molecule has 29 heavy (non-hydrogen) atoms. The van der Waals surface area contributed by atoms with Crippen molar-refractivity contribution in [2.24, 2.45) is 0 Å². The number of nitrogens with one attached hydrogen (secondary N) is 2. The Morgan fingerprint density at radius 1 is 1.07 bits per heavy atom. The SMILES string of the molecule is Cc1ccc(NC(=O)CN2C(=O)N/C(=C\c3ccc(C(F)(F)F)cc3)C2=O)cc1. The molecule has 1 aliphatic heterocycles. The molecule has 150 valence electrons. The lowest BCUT2D eigenvalue weighted by Gasteiger charge is -2.12. The lowest BCUT2D eigenvalue weighted by atomic mass is 10.1. The van der Waals surface area contributed by atoms with E-state index in [1.807, 2.05) is 6.92 Å². The molecular weight excluding hydrogens is 387 g/mol. The van der Waals surface area contributed by atoms with Crippen LogP contribution in [0.4, 0.5) is 23.7 Å². The summed E-state index contributed by atoms with van der Waals surface area (Å²) < 4.78 is 37.8. The topological polar surface area (TPSA) is 78.5 Å². The summed E-state index contributed by atoms with van der Waals surface area (Å²) in [4.78, 5) is 37.3. The number of halogens is 3. The normalized spacial score (nSPS) is 15.6. The second-order valence-corrected chi connectivity index (χ2v) is 6.41. The van der Waals surface area contributed by atoms with E-state index in [0.29, 0.717) is 11.3 Å². The standard InChI is InChI=1S/C20H16F3N3O3/c1-12-2-8-15(9-3-12)24-17(27)11-26-18(28)16(25-19(26)29)10-13-4-6-14(7-5-13)20(21,22)23/h2-10H,11H2,1H3,(H,24,27)(H,25,29)/b16-10-. The maximum Gasteiger partial charge on any atom is 0.416 e. The molecule has 0 spiro atoms. The first-order chi connectivity index (χ1) is 13.6. The van der Waals surface area contributed by atoms with Gasteiger partial charge in [-0.3, -0.25) is 9.59 Å². The Balaban J connectivity index is 1.68. The van der Waals surface area contributed by atoms with E-state index in [-0.39, 0.29) is 5.70 Å². The molecule has 4 amide bonds. The molecule has 2 aromatic rings. The van der Waals surface area contributed by atoms with Gasteiger partial charge < -0.3 is 10.6 Å². The van der Waals surface area contributed by atoms with Crippen molar-refractivity contribution in [1.29, 1.82) is 0 Å². The van der Waals surface area contributed by atoms with E-state index in [9.17, 15) is 27.6 Å². The molecule has 0 radical (unpaired) electrons. The number of aryl methyl sites for hydroxylation is 1. The predicted octanol–water partition coefficient (Wildman–Crippen LogP) is 3.55. The van der Waals surface area contributed by atoms with Gasteiger partial charge in [-0.25, -0.2) is 9.69 Å². The van der Waals surface area contributed by atoms with Crippen LogP contribution in [0.25, 0.3) is 6.08 Å². The van der Waals surface area contributed by atoms with Gasteiger partial charge in [-0.2, -0.15) is 13.2 Å². The first kappa shape index (κ1) is 20.1. The maximum absolute atomic E-state index is 12.6. The van der Waals surface area contributed by atoms with Gasteiger partial charge in [0, 0.05) is 5.69 Å². The molecule has 1 aliphatic rings. The Kier molecular flexibility index (Phi) is 5.40. The van der Waals surface area contributed by atoms with Crippen LogP contribution in [-0.4, -0.2) is 29.3 Å². The molecule has 1 heterocycles. The molecule has 2 aromatic carbocycles. The summed E-state index contributed by atoms with van der Waals surface area (Å²) in [7, 11) is 0. The van der Waals surface area contributed by atoms with Crippen molar-refractivity contribution in [3.63, 3.8) is 0 Å². The second-order valence-electron chi connectivity index (χ2n) is 6.41. The Morgan fingerprint density at radius 2 is 1.69 bits per heavy atom. The number of anilines is 1. The van der Waals surface area contributed by atoms with Crippen molar-refractivity contribution in [2.45, 2.75) is 13.1 Å². The summed E-state index contributed by atoms with van der Waals surface area (Å²) in [6.45, 7) is 1.40. The number of nitrogens with zero attached hydrogens (tertiary/aromatic N) is 1. The summed E-state index contributed by atoms with van der Waals surface area (Å²) in [6.07, 6.45) is -3.22. The Hall–Kier alpha value is -3.62. The molecule has 0 saturated carbocycles. The van der Waals surface area contributed by atoms with Crippen LogP contribution in [0.1, 0.15) is 16.7 Å². The highest BCUT2D eigenvalue weighted by molar-refractivity contribution is 6.15. The van der Waals surface area contributed by atoms with Crippen LogP contribution in [0.3, 0.4) is 0 Å². The fraction of sp³-hybridized carbons (Fsp3) is 0.150. The molecule has 2 N–H and O–H groups in total. The zero-order chi connectivity index (χ0) is 21.2. The lowest BCUT2D eigenvalue weighted by Crippen LogP contribution is -2.38. The van der Waals surface area contributed by atoms with Crippen molar-refractivity contribution in [3.8, 4) is 0 Å². The van der Waals surface area contributed by atoms with Gasteiger partial charge in [-0.1, -0.05) is 29.8 Å². The number of carbonyl (C=O) groups excluding carboxylic acids is 3. The summed E-state index contributed by atoms with van der Waals surface area (Å²) in [5.41, 5.74) is 0.879. The van der Waals surface area contributed by atoms with E-state index in [4.69, 9.17) is 0 Å². The van der Waals surface area contributed by atoms with Crippen LogP contribution < -0.4 is 10.6 Å². The third kappa shape index (κ3) is 4.81. The minimum absolute atomic E-state index is 0.127.